The van der Waals surface area contributed by atoms with Gasteiger partial charge in [0.05, 0.1) is 0 Å². The molecule has 0 aliphatic rings. The summed E-state index contributed by atoms with van der Waals surface area (Å²) in [6.45, 7) is 2.25. The Bertz CT molecular complexity index is 445. The molecule has 2 rings (SSSR count). The summed E-state index contributed by atoms with van der Waals surface area (Å²) in [5.41, 5.74) is 1.38. The molecule has 0 N–H and O–H groups in total. The van der Waals surface area contributed by atoms with Gasteiger partial charge >= 0.3 is 112 Å². The molecule has 0 amide bonds. The number of benzene rings is 1. The fourth-order valence-electron chi connectivity index (χ4n) is 1.66. The zero-order valence-electron chi connectivity index (χ0n) is 9.37. The van der Waals surface area contributed by atoms with Crippen LogP contribution in [0.15, 0.2) is 40.9 Å². The van der Waals surface area contributed by atoms with Crippen molar-refractivity contribution in [2.45, 2.75) is 26.2 Å². The van der Waals surface area contributed by atoms with E-state index in [1.807, 2.05) is 0 Å². The first kappa shape index (κ1) is 12.2. The Kier molecular flexibility index (Phi) is 4.45. The Hall–Kier alpha value is -0.301. The number of halogens is 1. The number of aryl methyl sites for hydroxylation is 1. The number of unbranched alkanes of at least 4 members (excludes halogenated alkanes) is 1. The molecule has 0 radical (unpaired) electrons. The molecule has 0 bridgehead atoms. The molecule has 1 aromatic heterocycles. The third-order valence-electron chi connectivity index (χ3n) is 2.57. The molecule has 0 saturated carbocycles. The molecule has 1 aromatic carbocycles. The molecule has 0 fully saturated rings. The fraction of sp³-hybridized carbons (Fsp3) is 0.286. The van der Waals surface area contributed by atoms with Crippen LogP contribution in [0.1, 0.15) is 24.2 Å². The Morgan fingerprint density at radius 2 is 1.94 bits per heavy atom. The number of hydrogen-bond acceptors (Lipinski definition) is 0. The van der Waals surface area contributed by atoms with Crippen LogP contribution in [-0.2, 0) is 6.42 Å². The maximum absolute atomic E-state index is 3.69. The molecule has 0 nitrogen and oxygen atoms in total. The number of hydrogen-bond donors (Lipinski definition) is 0. The standard InChI is InChI=1S/C14H15BrSe/c1-2-3-9-13-12(15)10-14(16-13)11-7-5-4-6-8-11/h4-8,10H,2-3,9H2,1H3. The Labute approximate surface area is 112 Å². The quantitative estimate of drug-likeness (QED) is 0.717. The van der Waals surface area contributed by atoms with Crippen LogP contribution < -0.4 is 0 Å². The van der Waals surface area contributed by atoms with Gasteiger partial charge in [0.1, 0.15) is 0 Å². The van der Waals surface area contributed by atoms with Gasteiger partial charge in [-0.25, -0.2) is 0 Å². The van der Waals surface area contributed by atoms with Crippen molar-refractivity contribution in [3.05, 3.63) is 45.3 Å². The van der Waals surface area contributed by atoms with Gasteiger partial charge in [-0.1, -0.05) is 0 Å². The molecule has 0 unspecified atom stereocenters. The topological polar surface area (TPSA) is 0 Å². The zero-order valence-corrected chi connectivity index (χ0v) is 12.7. The van der Waals surface area contributed by atoms with Crippen LogP contribution in [0.3, 0.4) is 0 Å². The molecule has 84 valence electrons. The third-order valence-corrected chi connectivity index (χ3v) is 6.48. The first-order valence-corrected chi connectivity index (χ1v) is 8.15. The first-order valence-electron chi connectivity index (χ1n) is 5.65. The second kappa shape index (κ2) is 5.86. The summed E-state index contributed by atoms with van der Waals surface area (Å²) >= 11 is 4.21. The van der Waals surface area contributed by atoms with Gasteiger partial charge in [-0.15, -0.1) is 0 Å². The monoisotopic (exact) mass is 342 g/mol. The molecule has 0 atom stereocenters. The summed E-state index contributed by atoms with van der Waals surface area (Å²) in [6.07, 6.45) is 3.84. The molecule has 0 aliphatic carbocycles. The SMILES string of the molecule is CCCCc1[se]c(-c2ccccc2)cc1Br. The van der Waals surface area contributed by atoms with E-state index in [2.05, 4.69) is 59.3 Å². The van der Waals surface area contributed by atoms with Gasteiger partial charge in [0, 0.05) is 0 Å². The van der Waals surface area contributed by atoms with Crippen LogP contribution in [0.2, 0.25) is 0 Å². The van der Waals surface area contributed by atoms with E-state index in [4.69, 9.17) is 0 Å². The van der Waals surface area contributed by atoms with E-state index in [-0.39, 0.29) is 0 Å². The number of rotatable bonds is 4. The summed E-state index contributed by atoms with van der Waals surface area (Å²) in [7, 11) is 0. The summed E-state index contributed by atoms with van der Waals surface area (Å²) in [5.74, 6) is 0. The van der Waals surface area contributed by atoms with Crippen LogP contribution in [0.4, 0.5) is 0 Å². The molecule has 0 aliphatic heterocycles. The van der Waals surface area contributed by atoms with Gasteiger partial charge in [0.2, 0.25) is 0 Å². The van der Waals surface area contributed by atoms with Crippen LogP contribution in [0.5, 0.6) is 0 Å². The first-order chi connectivity index (χ1) is 7.81. The molecular weight excluding hydrogens is 327 g/mol. The Balaban J connectivity index is 2.24. The zero-order chi connectivity index (χ0) is 11.4. The van der Waals surface area contributed by atoms with Crippen molar-refractivity contribution < 1.29 is 0 Å². The van der Waals surface area contributed by atoms with E-state index in [1.54, 1.807) is 4.44 Å². The second-order valence-corrected chi connectivity index (χ2v) is 7.09. The molecule has 2 aromatic rings. The second-order valence-electron chi connectivity index (χ2n) is 3.85. The molecule has 16 heavy (non-hydrogen) atoms. The maximum atomic E-state index is 3.69. The van der Waals surface area contributed by atoms with Crippen molar-refractivity contribution in [2.75, 3.05) is 0 Å². The summed E-state index contributed by atoms with van der Waals surface area (Å²) in [4.78, 5) is 0. The normalized spacial score (nSPS) is 10.6. The Morgan fingerprint density at radius 3 is 2.62 bits per heavy atom. The fourth-order valence-corrected chi connectivity index (χ4v) is 5.15. The van der Waals surface area contributed by atoms with Crippen molar-refractivity contribution in [1.29, 1.82) is 0 Å². The van der Waals surface area contributed by atoms with Gasteiger partial charge in [-0.05, 0) is 0 Å². The molecule has 2 heteroatoms. The van der Waals surface area contributed by atoms with Crippen molar-refractivity contribution in [1.82, 2.24) is 0 Å². The van der Waals surface area contributed by atoms with Crippen molar-refractivity contribution in [3.8, 4) is 10.0 Å². The minimum atomic E-state index is 0.523. The average Bonchev–Trinajstić information content (AvgIpc) is 2.69. The van der Waals surface area contributed by atoms with Gasteiger partial charge in [0.25, 0.3) is 0 Å². The molecule has 0 spiro atoms. The third kappa shape index (κ3) is 2.88. The van der Waals surface area contributed by atoms with Crippen LogP contribution in [-0.4, -0.2) is 14.5 Å². The van der Waals surface area contributed by atoms with E-state index >= 15 is 0 Å². The van der Waals surface area contributed by atoms with E-state index in [0.29, 0.717) is 14.5 Å². The van der Waals surface area contributed by atoms with Crippen molar-refractivity contribution >= 4 is 30.4 Å². The van der Waals surface area contributed by atoms with Crippen molar-refractivity contribution in [2.24, 2.45) is 0 Å². The van der Waals surface area contributed by atoms with Crippen molar-refractivity contribution in [3.63, 3.8) is 0 Å². The predicted octanol–water partition coefficient (Wildman–Crippen LogP) is 4.52. The molecule has 1 heterocycles. The van der Waals surface area contributed by atoms with Gasteiger partial charge < -0.3 is 0 Å². The van der Waals surface area contributed by atoms with E-state index in [0.717, 1.165) is 0 Å². The predicted molar refractivity (Wildman–Crippen MR) is 75.1 cm³/mol. The summed E-state index contributed by atoms with van der Waals surface area (Å²) in [5, 5.41) is 0. The average molecular weight is 342 g/mol. The van der Waals surface area contributed by atoms with Crippen LogP contribution >= 0.6 is 15.9 Å². The summed E-state index contributed by atoms with van der Waals surface area (Å²) in [6, 6.07) is 13.0. The van der Waals surface area contributed by atoms with E-state index in [1.165, 1.54) is 33.7 Å². The minimum absolute atomic E-state index is 0.523. The van der Waals surface area contributed by atoms with Crippen LogP contribution in [0.25, 0.3) is 10.0 Å². The van der Waals surface area contributed by atoms with Crippen LogP contribution in [0, 0.1) is 0 Å². The van der Waals surface area contributed by atoms with Gasteiger partial charge in [-0.2, -0.15) is 0 Å². The summed E-state index contributed by atoms with van der Waals surface area (Å²) < 4.78 is 4.46. The Morgan fingerprint density at radius 1 is 1.19 bits per heavy atom. The molecular formula is C14H15BrSe. The van der Waals surface area contributed by atoms with Gasteiger partial charge in [0.15, 0.2) is 0 Å². The van der Waals surface area contributed by atoms with E-state index in [9.17, 15) is 0 Å². The van der Waals surface area contributed by atoms with Gasteiger partial charge in [-0.3, -0.25) is 0 Å². The van der Waals surface area contributed by atoms with E-state index < -0.39 is 0 Å². The molecule has 0 saturated heterocycles.